The SMILES string of the molecule is CCOC(=O)CC1=Cc2c(F)cc(OCC(C)NC(=O)OC(C)(C)C)cc2C1. The predicted octanol–water partition coefficient (Wildman–Crippen LogP) is 4.01. The summed E-state index contributed by atoms with van der Waals surface area (Å²) in [5.74, 6) is -0.348. The first kappa shape index (κ1) is 21.7. The topological polar surface area (TPSA) is 73.9 Å². The van der Waals surface area contributed by atoms with Crippen LogP contribution in [0.3, 0.4) is 0 Å². The van der Waals surface area contributed by atoms with Crippen molar-refractivity contribution in [3.05, 3.63) is 34.6 Å². The predicted molar refractivity (Wildman–Crippen MR) is 104 cm³/mol. The average Bonchev–Trinajstić information content (AvgIpc) is 2.94. The van der Waals surface area contributed by atoms with Crippen LogP contribution in [0.4, 0.5) is 9.18 Å². The highest BCUT2D eigenvalue weighted by Gasteiger charge is 2.21. The summed E-state index contributed by atoms with van der Waals surface area (Å²) in [7, 11) is 0. The fourth-order valence-corrected chi connectivity index (χ4v) is 2.82. The highest BCUT2D eigenvalue weighted by molar-refractivity contribution is 5.77. The van der Waals surface area contributed by atoms with Gasteiger partial charge in [0.15, 0.2) is 0 Å². The van der Waals surface area contributed by atoms with Crippen molar-refractivity contribution in [2.45, 2.75) is 59.1 Å². The van der Waals surface area contributed by atoms with E-state index < -0.39 is 17.5 Å². The first-order valence-electron chi connectivity index (χ1n) is 9.37. The number of alkyl carbamates (subject to hydrolysis) is 1. The molecule has 0 heterocycles. The molecule has 1 aromatic carbocycles. The van der Waals surface area contributed by atoms with E-state index in [-0.39, 0.29) is 25.0 Å². The molecule has 0 bridgehead atoms. The fourth-order valence-electron chi connectivity index (χ4n) is 2.82. The van der Waals surface area contributed by atoms with Gasteiger partial charge in [0, 0.05) is 11.6 Å². The molecule has 0 aromatic heterocycles. The second-order valence-electron chi connectivity index (χ2n) is 7.80. The molecular formula is C21H28FNO5. The molecule has 1 aliphatic carbocycles. The number of amides is 1. The first-order valence-corrected chi connectivity index (χ1v) is 9.37. The van der Waals surface area contributed by atoms with E-state index in [1.807, 2.05) is 0 Å². The lowest BCUT2D eigenvalue weighted by molar-refractivity contribution is -0.142. The van der Waals surface area contributed by atoms with Crippen molar-refractivity contribution in [1.82, 2.24) is 5.32 Å². The van der Waals surface area contributed by atoms with Gasteiger partial charge in [0.05, 0.1) is 19.1 Å². The lowest BCUT2D eigenvalue weighted by atomic mass is 10.1. The largest absolute Gasteiger partial charge is 0.491 e. The molecule has 7 heteroatoms. The van der Waals surface area contributed by atoms with E-state index in [2.05, 4.69) is 5.32 Å². The molecule has 1 amide bonds. The van der Waals surface area contributed by atoms with Crippen LogP contribution in [0.1, 0.15) is 52.2 Å². The fraction of sp³-hybridized carbons (Fsp3) is 0.524. The van der Waals surface area contributed by atoms with Gasteiger partial charge in [0.2, 0.25) is 0 Å². The van der Waals surface area contributed by atoms with Crippen molar-refractivity contribution in [2.75, 3.05) is 13.2 Å². The Bertz CT molecular complexity index is 767. The number of fused-ring (bicyclic) bond motifs is 1. The maximum atomic E-state index is 14.4. The maximum Gasteiger partial charge on any atom is 0.407 e. The third-order valence-corrected chi connectivity index (χ3v) is 3.89. The van der Waals surface area contributed by atoms with Crippen LogP contribution in [0, 0.1) is 5.82 Å². The standard InChI is InChI=1S/C21H28FNO5/c1-6-26-19(24)9-14-7-15-10-16(11-18(22)17(15)8-14)27-12-13(2)23-20(25)28-21(3,4)5/h8,10-11,13H,6-7,9,12H2,1-5H3,(H,23,25). The van der Waals surface area contributed by atoms with Crippen molar-refractivity contribution >= 4 is 18.1 Å². The molecule has 0 saturated carbocycles. The van der Waals surface area contributed by atoms with E-state index in [1.54, 1.807) is 46.8 Å². The van der Waals surface area contributed by atoms with Crippen molar-refractivity contribution in [3.63, 3.8) is 0 Å². The molecule has 1 atom stereocenters. The number of ether oxygens (including phenoxy) is 3. The Hall–Kier alpha value is -2.57. The van der Waals surface area contributed by atoms with Gasteiger partial charge in [-0.25, -0.2) is 9.18 Å². The molecule has 6 nitrogen and oxygen atoms in total. The normalized spacial score (nSPS) is 14.0. The van der Waals surface area contributed by atoms with Crippen LogP contribution in [0.15, 0.2) is 17.7 Å². The number of hydrogen-bond donors (Lipinski definition) is 1. The lowest BCUT2D eigenvalue weighted by Gasteiger charge is -2.22. The van der Waals surface area contributed by atoms with E-state index >= 15 is 0 Å². The number of carbonyl (C=O) groups excluding carboxylic acids is 2. The summed E-state index contributed by atoms with van der Waals surface area (Å²) in [6.45, 7) is 9.35. The molecule has 2 rings (SSSR count). The summed E-state index contributed by atoms with van der Waals surface area (Å²) >= 11 is 0. The Morgan fingerprint density at radius 1 is 1.29 bits per heavy atom. The van der Waals surface area contributed by atoms with Crippen LogP contribution in [0.5, 0.6) is 5.75 Å². The molecule has 1 aliphatic rings. The molecule has 1 unspecified atom stereocenters. The van der Waals surface area contributed by atoms with E-state index in [0.717, 1.165) is 11.1 Å². The zero-order valence-electron chi connectivity index (χ0n) is 17.1. The first-order chi connectivity index (χ1) is 13.1. The Labute approximate surface area is 165 Å². The van der Waals surface area contributed by atoms with Gasteiger partial charge in [-0.15, -0.1) is 0 Å². The Morgan fingerprint density at radius 2 is 2.00 bits per heavy atom. The summed E-state index contributed by atoms with van der Waals surface area (Å²) in [5, 5.41) is 2.67. The van der Waals surface area contributed by atoms with Gasteiger partial charge in [-0.3, -0.25) is 4.79 Å². The second-order valence-corrected chi connectivity index (χ2v) is 7.80. The van der Waals surface area contributed by atoms with Crippen molar-refractivity contribution in [1.29, 1.82) is 0 Å². The van der Waals surface area contributed by atoms with Crippen LogP contribution < -0.4 is 10.1 Å². The molecule has 28 heavy (non-hydrogen) atoms. The number of hydrogen-bond acceptors (Lipinski definition) is 5. The Morgan fingerprint density at radius 3 is 2.64 bits per heavy atom. The minimum atomic E-state index is -0.581. The molecule has 0 saturated heterocycles. The minimum Gasteiger partial charge on any atom is -0.491 e. The minimum absolute atomic E-state index is 0.148. The lowest BCUT2D eigenvalue weighted by Crippen LogP contribution is -2.40. The molecule has 0 spiro atoms. The smallest absolute Gasteiger partial charge is 0.407 e. The van der Waals surface area contributed by atoms with E-state index in [0.29, 0.717) is 24.3 Å². The molecule has 0 aliphatic heterocycles. The second kappa shape index (κ2) is 9.08. The number of rotatable bonds is 7. The summed E-state index contributed by atoms with van der Waals surface area (Å²) in [6.07, 6.45) is 1.79. The van der Waals surface area contributed by atoms with Gasteiger partial charge in [-0.05, 0) is 52.7 Å². The van der Waals surface area contributed by atoms with E-state index in [9.17, 15) is 14.0 Å². The number of nitrogens with one attached hydrogen (secondary N) is 1. The van der Waals surface area contributed by atoms with Crippen molar-refractivity contribution < 1.29 is 28.2 Å². The van der Waals surface area contributed by atoms with Crippen LogP contribution in [-0.2, 0) is 20.7 Å². The zero-order chi connectivity index (χ0) is 20.9. The number of carbonyl (C=O) groups is 2. The van der Waals surface area contributed by atoms with Gasteiger partial charge >= 0.3 is 12.1 Å². The van der Waals surface area contributed by atoms with Crippen LogP contribution in [-0.4, -0.2) is 36.9 Å². The summed E-state index contributed by atoms with van der Waals surface area (Å²) < 4.78 is 30.2. The van der Waals surface area contributed by atoms with Crippen LogP contribution in [0.2, 0.25) is 0 Å². The maximum absolute atomic E-state index is 14.4. The van der Waals surface area contributed by atoms with Gasteiger partial charge in [-0.2, -0.15) is 0 Å². The average molecular weight is 393 g/mol. The molecule has 154 valence electrons. The number of esters is 1. The molecule has 0 radical (unpaired) electrons. The highest BCUT2D eigenvalue weighted by atomic mass is 19.1. The summed E-state index contributed by atoms with van der Waals surface area (Å²) in [4.78, 5) is 23.4. The van der Waals surface area contributed by atoms with Gasteiger partial charge in [0.25, 0.3) is 0 Å². The summed E-state index contributed by atoms with van der Waals surface area (Å²) in [6, 6.07) is 2.75. The molecule has 0 fully saturated rings. The van der Waals surface area contributed by atoms with Crippen LogP contribution >= 0.6 is 0 Å². The highest BCUT2D eigenvalue weighted by Crippen LogP contribution is 2.32. The number of benzene rings is 1. The quantitative estimate of drug-likeness (QED) is 0.709. The van der Waals surface area contributed by atoms with Gasteiger partial charge in [-0.1, -0.05) is 11.6 Å². The third-order valence-electron chi connectivity index (χ3n) is 3.89. The van der Waals surface area contributed by atoms with Crippen LogP contribution in [0.25, 0.3) is 6.08 Å². The molecular weight excluding hydrogens is 365 g/mol. The summed E-state index contributed by atoms with van der Waals surface area (Å²) in [5.41, 5.74) is 1.47. The number of halogens is 1. The van der Waals surface area contributed by atoms with E-state index in [1.165, 1.54) is 6.07 Å². The van der Waals surface area contributed by atoms with E-state index in [4.69, 9.17) is 14.2 Å². The zero-order valence-corrected chi connectivity index (χ0v) is 17.1. The third kappa shape index (κ3) is 6.55. The van der Waals surface area contributed by atoms with Gasteiger partial charge in [0.1, 0.15) is 23.8 Å². The Balaban J connectivity index is 1.91. The molecule has 1 aromatic rings. The van der Waals surface area contributed by atoms with Crippen molar-refractivity contribution in [3.8, 4) is 5.75 Å². The monoisotopic (exact) mass is 393 g/mol. The van der Waals surface area contributed by atoms with Gasteiger partial charge < -0.3 is 19.5 Å². The van der Waals surface area contributed by atoms with Crippen molar-refractivity contribution in [2.24, 2.45) is 0 Å². The Kier molecular flexibility index (Phi) is 7.05. The molecule has 1 N–H and O–H groups in total.